The molecule has 6 heteroatoms. The Balaban J connectivity index is 1.01. The minimum Gasteiger partial charge on any atom is -0.493 e. The summed E-state index contributed by atoms with van der Waals surface area (Å²) in [4.78, 5) is 2.57. The van der Waals surface area contributed by atoms with Crippen molar-refractivity contribution in [3.8, 4) is 45.3 Å². The fourth-order valence-corrected chi connectivity index (χ4v) is 17.3. The largest absolute Gasteiger partial charge is 0.493 e. The van der Waals surface area contributed by atoms with Gasteiger partial charge in [-0.05, 0) is 161 Å². The number of allylic oxidation sites excluding steroid dienone is 4. The molecule has 0 saturated heterocycles. The van der Waals surface area contributed by atoms with Gasteiger partial charge in [0.05, 0.1) is 35.9 Å². The maximum Gasteiger partial charge on any atom is 0.136 e. The van der Waals surface area contributed by atoms with Crippen molar-refractivity contribution in [2.45, 2.75) is 173 Å². The van der Waals surface area contributed by atoms with E-state index in [1.54, 1.807) is 11.1 Å². The summed E-state index contributed by atoms with van der Waals surface area (Å²) in [5.74, 6) is 3.80. The van der Waals surface area contributed by atoms with Crippen LogP contribution in [0.3, 0.4) is 0 Å². The zero-order chi connectivity index (χ0) is 58.3. The van der Waals surface area contributed by atoms with Gasteiger partial charge >= 0.3 is 0 Å². The molecule has 4 aliphatic rings. The Morgan fingerprint density at radius 1 is 0.365 bits per heavy atom. The third-order valence-corrected chi connectivity index (χ3v) is 22.1. The summed E-state index contributed by atoms with van der Waals surface area (Å²) in [5, 5.41) is 9.59. The molecule has 12 rings (SSSR count). The number of unbranched alkanes of at least 4 members (excludes halogenated alkanes) is 12. The average Bonchev–Trinajstić information content (AvgIpc) is 1.74. The van der Waals surface area contributed by atoms with Crippen molar-refractivity contribution < 1.29 is 18.9 Å². The summed E-state index contributed by atoms with van der Waals surface area (Å²) < 4.78 is 28.2. The lowest BCUT2D eigenvalue weighted by molar-refractivity contribution is 0.302. The molecule has 2 atom stereocenters. The molecule has 8 aromatic carbocycles. The molecule has 440 valence electrons. The van der Waals surface area contributed by atoms with Crippen LogP contribution >= 0.6 is 23.5 Å². The molecule has 0 radical (unpaired) electrons. The molecule has 4 nitrogen and oxygen atoms in total. The van der Waals surface area contributed by atoms with Crippen molar-refractivity contribution >= 4 is 76.4 Å². The van der Waals surface area contributed by atoms with Crippen molar-refractivity contribution in [3.05, 3.63) is 179 Å². The zero-order valence-electron chi connectivity index (χ0n) is 51.6. The maximum absolute atomic E-state index is 7.46. The highest BCUT2D eigenvalue weighted by molar-refractivity contribution is 8.14. The summed E-state index contributed by atoms with van der Waals surface area (Å²) in [6.07, 6.45) is 26.8. The summed E-state index contributed by atoms with van der Waals surface area (Å²) in [7, 11) is 0. The van der Waals surface area contributed by atoms with E-state index in [2.05, 4.69) is 211 Å². The van der Waals surface area contributed by atoms with Crippen molar-refractivity contribution in [1.29, 1.82) is 0 Å². The van der Waals surface area contributed by atoms with Gasteiger partial charge in [-0.25, -0.2) is 0 Å². The van der Waals surface area contributed by atoms with Crippen LogP contribution in [0.2, 0.25) is 0 Å². The van der Waals surface area contributed by atoms with E-state index in [4.69, 9.17) is 18.9 Å². The predicted octanol–water partition coefficient (Wildman–Crippen LogP) is 23.7. The monoisotopic (exact) mass is 1160 g/mol. The van der Waals surface area contributed by atoms with Gasteiger partial charge < -0.3 is 18.9 Å². The van der Waals surface area contributed by atoms with Gasteiger partial charge in [0.25, 0.3) is 0 Å². The van der Waals surface area contributed by atoms with E-state index >= 15 is 0 Å². The molecule has 2 aliphatic heterocycles. The van der Waals surface area contributed by atoms with E-state index in [9.17, 15) is 0 Å². The van der Waals surface area contributed by atoms with Gasteiger partial charge in [0.15, 0.2) is 0 Å². The normalized spacial score (nSPS) is 18.1. The number of rotatable bonds is 28. The molecule has 2 aliphatic carbocycles. The summed E-state index contributed by atoms with van der Waals surface area (Å²) >= 11 is 4.15. The van der Waals surface area contributed by atoms with Gasteiger partial charge in [-0.1, -0.05) is 214 Å². The van der Waals surface area contributed by atoms with Gasteiger partial charge in [0.1, 0.15) is 23.0 Å². The highest BCUT2D eigenvalue weighted by atomic mass is 32.2. The minimum atomic E-state index is -0.310. The Kier molecular flexibility index (Phi) is 18.6. The topological polar surface area (TPSA) is 36.9 Å². The van der Waals surface area contributed by atoms with Crippen LogP contribution in [0.25, 0.3) is 75.2 Å². The van der Waals surface area contributed by atoms with Crippen LogP contribution in [-0.4, -0.2) is 35.9 Å². The van der Waals surface area contributed by atoms with Gasteiger partial charge in [0.2, 0.25) is 0 Å². The third kappa shape index (κ3) is 11.5. The Morgan fingerprint density at radius 2 is 0.706 bits per heavy atom. The molecule has 0 spiro atoms. The first-order chi connectivity index (χ1) is 41.8. The number of thioether (sulfide) groups is 2. The van der Waals surface area contributed by atoms with Crippen LogP contribution in [0.4, 0.5) is 0 Å². The lowest BCUT2D eigenvalue weighted by atomic mass is 9.72. The van der Waals surface area contributed by atoms with E-state index < -0.39 is 0 Å². The average molecular weight is 1170 g/mol. The maximum atomic E-state index is 7.46. The van der Waals surface area contributed by atoms with Crippen LogP contribution < -0.4 is 18.9 Å². The molecule has 0 N–H and O–H groups in total. The van der Waals surface area contributed by atoms with E-state index in [0.717, 1.165) is 116 Å². The number of hydrogen-bond acceptors (Lipinski definition) is 6. The lowest BCUT2D eigenvalue weighted by Crippen LogP contribution is -2.47. The molecule has 85 heavy (non-hydrogen) atoms. The molecule has 0 aromatic heterocycles. The van der Waals surface area contributed by atoms with E-state index in [1.165, 1.54) is 127 Å². The molecular formula is C79H88O4S2. The zero-order valence-corrected chi connectivity index (χ0v) is 53.2. The van der Waals surface area contributed by atoms with E-state index in [1.807, 2.05) is 0 Å². The van der Waals surface area contributed by atoms with E-state index in [-0.39, 0.29) is 9.49 Å². The molecular weight excluding hydrogens is 1080 g/mol. The first-order valence-corrected chi connectivity index (χ1v) is 34.4. The molecule has 8 aromatic rings. The first-order valence-electron chi connectivity index (χ1n) is 32.8. The summed E-state index contributed by atoms with van der Waals surface area (Å²) in [5.41, 5.74) is 13.0. The van der Waals surface area contributed by atoms with Crippen molar-refractivity contribution in [3.63, 3.8) is 0 Å². The Bertz CT molecular complexity index is 3630. The molecule has 0 amide bonds. The van der Waals surface area contributed by atoms with Crippen LogP contribution in [0, 0.1) is 0 Å². The van der Waals surface area contributed by atoms with Crippen LogP contribution in [0.1, 0.15) is 175 Å². The van der Waals surface area contributed by atoms with Crippen molar-refractivity contribution in [2.24, 2.45) is 0 Å². The standard InChI is InChI=1S/C79H88O4S2/c1-7-11-15-27-46-80-68-44-42-54-32-19-23-36-58(54)72(68)74-60-38-25-21-34-56(60)50-64(76(74)82-48-29-17-13-9-3)70-52-66-62-40-31-41-63(62)67-53-71(85-79(67,6)78(66,5)84-70)65-51-57-35-22-26-39-61(57)75(77(65)83-49-30-18-14-10-4)73-59-37-24-20-33-55(59)43-45-69(73)81-47-28-16-12-8-2/h19-26,32-39,42-45,50-53H,7-18,27-31,40-41,46-49H2,1-6H3/t78-,79-/m0/s1. The molecule has 1 fully saturated rings. The second-order valence-electron chi connectivity index (χ2n) is 24.6. The molecule has 0 bridgehead atoms. The highest BCUT2D eigenvalue weighted by Gasteiger charge is 2.60. The number of fused-ring (bicyclic) bond motifs is 8. The van der Waals surface area contributed by atoms with Crippen LogP contribution in [0.5, 0.6) is 23.0 Å². The summed E-state index contributed by atoms with van der Waals surface area (Å²) in [6, 6.07) is 49.6. The Morgan fingerprint density at radius 3 is 1.08 bits per heavy atom. The minimum absolute atomic E-state index is 0.310. The van der Waals surface area contributed by atoms with Gasteiger partial charge in [-0.3, -0.25) is 0 Å². The van der Waals surface area contributed by atoms with Gasteiger partial charge in [-0.15, -0.1) is 23.5 Å². The van der Waals surface area contributed by atoms with Crippen molar-refractivity contribution in [1.82, 2.24) is 0 Å². The lowest BCUT2D eigenvalue weighted by Gasteiger charge is -2.47. The predicted molar refractivity (Wildman–Crippen MR) is 368 cm³/mol. The number of ether oxygens (including phenoxy) is 4. The van der Waals surface area contributed by atoms with Crippen LogP contribution in [0.15, 0.2) is 168 Å². The number of hydrogen-bond donors (Lipinski definition) is 0. The fourth-order valence-electron chi connectivity index (χ4n) is 14.1. The second-order valence-corrected chi connectivity index (χ2v) is 27.5. The molecule has 1 saturated carbocycles. The fraction of sp³-hybridized carbons (Fsp3) is 0.392. The van der Waals surface area contributed by atoms with E-state index in [0.29, 0.717) is 26.4 Å². The second kappa shape index (κ2) is 26.7. The van der Waals surface area contributed by atoms with Gasteiger partial charge in [0, 0.05) is 43.2 Å². The SMILES string of the molecule is CCCCCCOc1ccc2ccccc2c1-c1c(OCCCCCC)c(C2=CC3=C4CCCC4=C4C=C(c5cc6ccccc6c(-c6c(OCCCCCC)ccc7ccccc67)c5OCCCCCC)S[C@]4(C)[C@@]3(C)S2)cc2ccccc12. The van der Waals surface area contributed by atoms with Crippen molar-refractivity contribution in [2.75, 3.05) is 26.4 Å². The van der Waals surface area contributed by atoms with Crippen LogP contribution in [-0.2, 0) is 0 Å². The third-order valence-electron chi connectivity index (χ3n) is 18.8. The molecule has 2 heterocycles. The smallest absolute Gasteiger partial charge is 0.136 e. The van der Waals surface area contributed by atoms with Gasteiger partial charge in [-0.2, -0.15) is 0 Å². The first kappa shape index (κ1) is 59.0. The number of benzene rings is 8. The molecule has 0 unspecified atom stereocenters. The Hall–Kier alpha value is -6.34. The quantitative estimate of drug-likeness (QED) is 0.0455. The Labute approximate surface area is 515 Å². The highest BCUT2D eigenvalue weighted by Crippen LogP contribution is 2.72. The summed E-state index contributed by atoms with van der Waals surface area (Å²) in [6.45, 7) is 16.9.